The summed E-state index contributed by atoms with van der Waals surface area (Å²) in [6, 6.07) is 0. The Hall–Kier alpha value is -0.120. The van der Waals surface area contributed by atoms with Crippen LogP contribution in [0.3, 0.4) is 0 Å². The quantitative estimate of drug-likeness (QED) is 0.492. The van der Waals surface area contributed by atoms with Crippen LogP contribution in [0.5, 0.6) is 0 Å². The zero-order valence-electron chi connectivity index (χ0n) is 7.39. The molecule has 0 spiro atoms. The van der Waals surface area contributed by atoms with Gasteiger partial charge in [0.25, 0.3) is 0 Å². The molecule has 0 saturated carbocycles. The fourth-order valence-corrected chi connectivity index (χ4v) is 0. The molecule has 0 fully saturated rings. The van der Waals surface area contributed by atoms with Crippen LogP contribution in [0.1, 0.15) is 27.7 Å². The Kier molecular flexibility index (Phi) is 7.09. The first kappa shape index (κ1) is 12.5. The second kappa shape index (κ2) is 5.65. The van der Waals surface area contributed by atoms with Gasteiger partial charge in [-0.05, 0) is 27.7 Å². The van der Waals surface area contributed by atoms with E-state index in [9.17, 15) is 0 Å². The Bertz CT molecular complexity index is 60.5. The Morgan fingerprint density at radius 3 is 1.50 bits per heavy atom. The molecule has 0 aromatic heterocycles. The van der Waals surface area contributed by atoms with Crippen molar-refractivity contribution in [3.63, 3.8) is 0 Å². The maximum atomic E-state index is 8.24. The molecule has 0 amide bonds. The molecule has 0 aliphatic carbocycles. The lowest BCUT2D eigenvalue weighted by Crippen LogP contribution is -2.26. The van der Waals surface area contributed by atoms with Gasteiger partial charge >= 0.3 is 0 Å². The van der Waals surface area contributed by atoms with Crippen molar-refractivity contribution in [2.45, 2.75) is 39.3 Å². The molecular formula is C7H20N2O. The van der Waals surface area contributed by atoms with Gasteiger partial charge in [0.2, 0.25) is 0 Å². The highest BCUT2D eigenvalue weighted by atomic mass is 16.3. The molecule has 64 valence electrons. The van der Waals surface area contributed by atoms with Crippen molar-refractivity contribution in [2.75, 3.05) is 6.54 Å². The van der Waals surface area contributed by atoms with Gasteiger partial charge in [-0.15, -0.1) is 0 Å². The predicted octanol–water partition coefficient (Wildman–Crippen LogP) is 0.0695. The van der Waals surface area contributed by atoms with Crippen molar-refractivity contribution in [1.29, 1.82) is 0 Å². The highest BCUT2D eigenvalue weighted by molar-refractivity contribution is 4.60. The van der Waals surface area contributed by atoms with Crippen molar-refractivity contribution in [3.8, 4) is 0 Å². The van der Waals surface area contributed by atoms with E-state index in [-0.39, 0.29) is 11.6 Å². The third-order valence-corrected chi connectivity index (χ3v) is 0.341. The number of aliphatic hydroxyl groups is 1. The van der Waals surface area contributed by atoms with Gasteiger partial charge in [-0.3, -0.25) is 0 Å². The summed E-state index contributed by atoms with van der Waals surface area (Å²) in [5.74, 6) is 0. The molecule has 1 atom stereocenters. The van der Waals surface area contributed by atoms with E-state index < -0.39 is 0 Å². The van der Waals surface area contributed by atoms with Crippen LogP contribution in [0.2, 0.25) is 0 Å². The van der Waals surface area contributed by atoms with E-state index in [4.69, 9.17) is 16.6 Å². The molecule has 0 radical (unpaired) electrons. The van der Waals surface area contributed by atoms with Gasteiger partial charge in [0.15, 0.2) is 0 Å². The van der Waals surface area contributed by atoms with Crippen LogP contribution in [-0.2, 0) is 0 Å². The van der Waals surface area contributed by atoms with E-state index in [1.54, 1.807) is 6.92 Å². The normalized spacial score (nSPS) is 13.5. The van der Waals surface area contributed by atoms with Crippen molar-refractivity contribution >= 4 is 0 Å². The second-order valence-electron chi connectivity index (χ2n) is 3.45. The minimum Gasteiger partial charge on any atom is -0.392 e. The molecule has 0 aromatic rings. The lowest BCUT2D eigenvalue weighted by molar-refractivity contribution is 0.203. The molecule has 0 bridgehead atoms. The third kappa shape index (κ3) is 106. The van der Waals surface area contributed by atoms with E-state index >= 15 is 0 Å². The largest absolute Gasteiger partial charge is 0.392 e. The van der Waals surface area contributed by atoms with E-state index in [1.165, 1.54) is 0 Å². The number of aliphatic hydroxyl groups excluding tert-OH is 1. The minimum atomic E-state index is -0.338. The van der Waals surface area contributed by atoms with Crippen LogP contribution in [0.15, 0.2) is 0 Å². The molecule has 0 aromatic carbocycles. The summed E-state index contributed by atoms with van der Waals surface area (Å²) in [7, 11) is 0. The zero-order valence-corrected chi connectivity index (χ0v) is 7.39. The first-order valence-corrected chi connectivity index (χ1v) is 3.44. The fourth-order valence-electron chi connectivity index (χ4n) is 0. The van der Waals surface area contributed by atoms with E-state index in [2.05, 4.69) is 0 Å². The van der Waals surface area contributed by atoms with E-state index in [0.717, 1.165) is 0 Å². The van der Waals surface area contributed by atoms with Gasteiger partial charge in [-0.25, -0.2) is 0 Å². The molecule has 3 heteroatoms. The Morgan fingerprint density at radius 2 is 1.50 bits per heavy atom. The average molecular weight is 148 g/mol. The number of rotatable bonds is 1. The van der Waals surface area contributed by atoms with Crippen LogP contribution in [0.4, 0.5) is 0 Å². The van der Waals surface area contributed by atoms with Crippen LogP contribution in [0, 0.1) is 0 Å². The molecule has 0 heterocycles. The second-order valence-corrected chi connectivity index (χ2v) is 3.45. The fraction of sp³-hybridized carbons (Fsp3) is 1.00. The maximum absolute atomic E-state index is 8.24. The lowest BCUT2D eigenvalue weighted by atomic mass is 10.1. The topological polar surface area (TPSA) is 72.3 Å². The van der Waals surface area contributed by atoms with Gasteiger partial charge in [-0.2, -0.15) is 0 Å². The summed E-state index contributed by atoms with van der Waals surface area (Å²) in [5, 5.41) is 8.24. The van der Waals surface area contributed by atoms with Gasteiger partial charge in [0.1, 0.15) is 0 Å². The molecule has 0 aliphatic heterocycles. The maximum Gasteiger partial charge on any atom is 0.0634 e. The average Bonchev–Trinajstić information content (AvgIpc) is 1.61. The summed E-state index contributed by atoms with van der Waals surface area (Å²) in [6.07, 6.45) is -0.338. The first-order chi connectivity index (χ1) is 4.27. The Morgan fingerprint density at radius 1 is 1.40 bits per heavy atom. The summed E-state index contributed by atoms with van der Waals surface area (Å²) >= 11 is 0. The van der Waals surface area contributed by atoms with Crippen LogP contribution in [0.25, 0.3) is 0 Å². The number of nitrogens with two attached hydrogens (primary N) is 2. The number of hydrogen-bond acceptors (Lipinski definition) is 3. The molecule has 5 N–H and O–H groups in total. The van der Waals surface area contributed by atoms with E-state index in [0.29, 0.717) is 6.54 Å². The smallest absolute Gasteiger partial charge is 0.0634 e. The van der Waals surface area contributed by atoms with Crippen LogP contribution >= 0.6 is 0 Å². The van der Waals surface area contributed by atoms with Crippen LogP contribution < -0.4 is 11.5 Å². The van der Waals surface area contributed by atoms with Crippen molar-refractivity contribution in [3.05, 3.63) is 0 Å². The summed E-state index contributed by atoms with van der Waals surface area (Å²) in [5.41, 5.74) is 10.3. The molecule has 0 saturated heterocycles. The summed E-state index contributed by atoms with van der Waals surface area (Å²) < 4.78 is 0. The zero-order chi connectivity index (χ0) is 8.78. The van der Waals surface area contributed by atoms with Crippen molar-refractivity contribution < 1.29 is 5.11 Å². The standard InChI is InChI=1S/C4H11N.C3H9NO/c1-4(2,3)5;1-3(5)2-4/h5H2,1-3H3;3,5H,2,4H2,1H3. The Labute approximate surface area is 63.4 Å². The number of hydrogen-bond donors (Lipinski definition) is 3. The molecule has 10 heavy (non-hydrogen) atoms. The summed E-state index contributed by atoms with van der Waals surface area (Å²) in [4.78, 5) is 0. The Balaban J connectivity index is 0. The van der Waals surface area contributed by atoms with Crippen molar-refractivity contribution in [1.82, 2.24) is 0 Å². The highest BCUT2D eigenvalue weighted by Gasteiger charge is 1.95. The molecule has 3 nitrogen and oxygen atoms in total. The minimum absolute atomic E-state index is 0. The predicted molar refractivity (Wildman–Crippen MR) is 44.7 cm³/mol. The highest BCUT2D eigenvalue weighted by Crippen LogP contribution is 1.88. The van der Waals surface area contributed by atoms with Crippen molar-refractivity contribution in [2.24, 2.45) is 11.5 Å². The molecule has 0 rings (SSSR count). The lowest BCUT2D eigenvalue weighted by Gasteiger charge is -2.06. The first-order valence-electron chi connectivity index (χ1n) is 3.44. The van der Waals surface area contributed by atoms with Gasteiger partial charge in [0, 0.05) is 12.1 Å². The van der Waals surface area contributed by atoms with Gasteiger partial charge in [-0.1, -0.05) is 0 Å². The third-order valence-electron chi connectivity index (χ3n) is 0.341. The molecule has 0 aliphatic rings. The monoisotopic (exact) mass is 148 g/mol. The van der Waals surface area contributed by atoms with E-state index in [1.807, 2.05) is 20.8 Å². The summed E-state index contributed by atoms with van der Waals surface area (Å²) in [6.45, 7) is 7.91. The van der Waals surface area contributed by atoms with Gasteiger partial charge in [0.05, 0.1) is 6.10 Å². The molecular weight excluding hydrogens is 128 g/mol. The molecule has 1 unspecified atom stereocenters. The van der Waals surface area contributed by atoms with Gasteiger partial charge < -0.3 is 16.6 Å². The SMILES string of the molecule is CC(C)(C)N.CC(O)CN. The van der Waals surface area contributed by atoms with Crippen LogP contribution in [-0.4, -0.2) is 23.3 Å².